The van der Waals surface area contributed by atoms with Gasteiger partial charge in [-0.3, -0.25) is 0 Å². The zero-order valence-corrected chi connectivity index (χ0v) is 19.9. The van der Waals surface area contributed by atoms with Crippen molar-refractivity contribution in [1.82, 2.24) is 30.2 Å². The monoisotopic (exact) mass is 522 g/mol. The van der Waals surface area contributed by atoms with E-state index in [4.69, 9.17) is 0 Å². The number of rotatable bonds is 8. The Bertz CT molecular complexity index is 1330. The minimum atomic E-state index is -5.92. The molecular formula is C24H23F5N6O2. The third-order valence-corrected chi connectivity index (χ3v) is 5.98. The number of esters is 1. The summed E-state index contributed by atoms with van der Waals surface area (Å²) in [4.78, 5) is 16.0. The van der Waals surface area contributed by atoms with Crippen LogP contribution in [-0.2, 0) is 23.6 Å². The Morgan fingerprint density at radius 2 is 1.92 bits per heavy atom. The van der Waals surface area contributed by atoms with E-state index in [2.05, 4.69) is 30.3 Å². The molecule has 3 aromatic rings. The quantitative estimate of drug-likeness (QED) is 0.326. The summed E-state index contributed by atoms with van der Waals surface area (Å²) in [6.07, 6.45) is 0.602. The standard InChI is InChI=1S/C24H23F5N6O2/c1-3-6-18-30-20(23(25,26)24(27,28)29)19(22(36)37-2)35(18)13-14-9-11-15(12-10-14)16-7-4-5-8-17(16)21-31-33-34-32-21/h4-5,7-9,11-12,14H,3,6,10,13H2,1-2H3,(H,31,32,33,34). The number of methoxy groups -OCH3 is 1. The van der Waals surface area contributed by atoms with Crippen LogP contribution in [0.15, 0.2) is 42.5 Å². The van der Waals surface area contributed by atoms with Crippen LogP contribution in [0.3, 0.4) is 0 Å². The van der Waals surface area contributed by atoms with E-state index >= 15 is 0 Å². The Morgan fingerprint density at radius 1 is 1.19 bits per heavy atom. The molecule has 0 saturated heterocycles. The number of carbonyl (C=O) groups is 1. The molecule has 2 heterocycles. The number of halogens is 5. The van der Waals surface area contributed by atoms with Crippen molar-refractivity contribution in [3.8, 4) is 11.4 Å². The largest absolute Gasteiger partial charge is 0.464 e. The molecule has 1 atom stereocenters. The number of aromatic nitrogens is 6. The van der Waals surface area contributed by atoms with E-state index in [1.54, 1.807) is 6.92 Å². The lowest BCUT2D eigenvalue weighted by molar-refractivity contribution is -0.291. The van der Waals surface area contributed by atoms with Gasteiger partial charge < -0.3 is 9.30 Å². The van der Waals surface area contributed by atoms with Crippen molar-refractivity contribution in [2.24, 2.45) is 5.92 Å². The molecule has 1 N–H and O–H groups in total. The highest BCUT2D eigenvalue weighted by molar-refractivity contribution is 5.89. The van der Waals surface area contributed by atoms with Crippen LogP contribution in [0.25, 0.3) is 17.0 Å². The van der Waals surface area contributed by atoms with Crippen LogP contribution in [0, 0.1) is 5.92 Å². The summed E-state index contributed by atoms with van der Waals surface area (Å²) >= 11 is 0. The molecular weight excluding hydrogens is 499 g/mol. The fourth-order valence-electron chi connectivity index (χ4n) is 4.21. The smallest absolute Gasteiger partial charge is 0.459 e. The van der Waals surface area contributed by atoms with Crippen LogP contribution in [0.2, 0.25) is 0 Å². The first-order valence-corrected chi connectivity index (χ1v) is 11.4. The Labute approximate surface area is 208 Å². The topological polar surface area (TPSA) is 98.6 Å². The lowest BCUT2D eigenvalue weighted by Crippen LogP contribution is -2.36. The van der Waals surface area contributed by atoms with E-state index < -0.39 is 29.5 Å². The number of aryl methyl sites for hydroxylation is 1. The summed E-state index contributed by atoms with van der Waals surface area (Å²) in [5.41, 5.74) is -0.0829. The number of hydrogen-bond acceptors (Lipinski definition) is 6. The van der Waals surface area contributed by atoms with Gasteiger partial charge in [0.15, 0.2) is 11.4 Å². The number of ether oxygens (including phenoxy) is 1. The van der Waals surface area contributed by atoms with Crippen LogP contribution in [0.5, 0.6) is 0 Å². The maximum atomic E-state index is 14.4. The molecule has 0 fully saturated rings. The molecule has 0 aliphatic heterocycles. The van der Waals surface area contributed by atoms with Gasteiger partial charge in [0.1, 0.15) is 5.82 Å². The predicted octanol–water partition coefficient (Wildman–Crippen LogP) is 5.12. The zero-order chi connectivity index (χ0) is 26.8. The van der Waals surface area contributed by atoms with E-state index in [9.17, 15) is 26.7 Å². The minimum absolute atomic E-state index is 0.0343. The summed E-state index contributed by atoms with van der Waals surface area (Å²) in [7, 11) is 0.922. The molecule has 13 heteroatoms. The Hall–Kier alpha value is -3.90. The van der Waals surface area contributed by atoms with Crippen molar-refractivity contribution in [3.63, 3.8) is 0 Å². The van der Waals surface area contributed by atoms with Crippen molar-refractivity contribution < 1.29 is 31.5 Å². The maximum absolute atomic E-state index is 14.4. The Morgan fingerprint density at radius 3 is 2.49 bits per heavy atom. The van der Waals surface area contributed by atoms with Crippen LogP contribution >= 0.6 is 0 Å². The second-order valence-corrected chi connectivity index (χ2v) is 8.44. The van der Waals surface area contributed by atoms with E-state index in [1.165, 1.54) is 0 Å². The number of tetrazole rings is 1. The molecule has 1 aromatic carbocycles. The third kappa shape index (κ3) is 5.02. The molecule has 8 nitrogen and oxygen atoms in total. The second kappa shape index (κ2) is 10.2. The van der Waals surface area contributed by atoms with Crippen LogP contribution < -0.4 is 0 Å². The van der Waals surface area contributed by atoms with Gasteiger partial charge in [-0.25, -0.2) is 9.78 Å². The minimum Gasteiger partial charge on any atom is -0.464 e. The second-order valence-electron chi connectivity index (χ2n) is 8.44. The summed E-state index contributed by atoms with van der Waals surface area (Å²) in [6.45, 7) is 1.70. The van der Waals surface area contributed by atoms with E-state index in [-0.39, 0.29) is 24.7 Å². The summed E-state index contributed by atoms with van der Waals surface area (Å²) < 4.78 is 74.1. The van der Waals surface area contributed by atoms with Gasteiger partial charge in [-0.1, -0.05) is 49.4 Å². The number of allylic oxidation sites excluding steroid dienone is 4. The van der Waals surface area contributed by atoms with Crippen LogP contribution in [-0.4, -0.2) is 49.4 Å². The molecule has 0 radical (unpaired) electrons. The lowest BCUT2D eigenvalue weighted by Gasteiger charge is -2.21. The molecule has 196 valence electrons. The van der Waals surface area contributed by atoms with E-state index in [0.717, 1.165) is 28.4 Å². The molecule has 2 aromatic heterocycles. The van der Waals surface area contributed by atoms with Crippen LogP contribution in [0.1, 0.15) is 47.3 Å². The third-order valence-electron chi connectivity index (χ3n) is 5.98. The average molecular weight is 522 g/mol. The van der Waals surface area contributed by atoms with Crippen molar-refractivity contribution in [2.75, 3.05) is 7.11 Å². The zero-order valence-electron chi connectivity index (χ0n) is 19.9. The number of alkyl halides is 5. The lowest BCUT2D eigenvalue weighted by atomic mass is 9.90. The fraction of sp³-hybridized carbons (Fsp3) is 0.375. The number of nitrogens with zero attached hydrogens (tertiary/aromatic N) is 5. The maximum Gasteiger partial charge on any atom is 0.459 e. The molecule has 0 bridgehead atoms. The van der Waals surface area contributed by atoms with Gasteiger partial charge in [-0.15, -0.1) is 10.2 Å². The highest BCUT2D eigenvalue weighted by atomic mass is 19.4. The molecule has 1 aliphatic carbocycles. The highest BCUT2D eigenvalue weighted by Gasteiger charge is 2.62. The van der Waals surface area contributed by atoms with Gasteiger partial charge in [-0.05, 0) is 35.1 Å². The summed E-state index contributed by atoms with van der Waals surface area (Å²) in [5.74, 6) is -6.55. The van der Waals surface area contributed by atoms with Crippen molar-refractivity contribution in [1.29, 1.82) is 0 Å². The van der Waals surface area contributed by atoms with Crippen molar-refractivity contribution in [3.05, 3.63) is 65.3 Å². The van der Waals surface area contributed by atoms with Crippen molar-refractivity contribution in [2.45, 2.75) is 44.8 Å². The normalized spacial score (nSPS) is 16.1. The number of H-pyrrole nitrogens is 1. The summed E-state index contributed by atoms with van der Waals surface area (Å²) in [5, 5.41) is 14.0. The first-order chi connectivity index (χ1) is 17.6. The van der Waals surface area contributed by atoms with Gasteiger partial charge in [0.05, 0.1) is 7.11 Å². The molecule has 1 aliphatic rings. The molecule has 0 spiro atoms. The van der Waals surface area contributed by atoms with Gasteiger partial charge in [0, 0.05) is 18.5 Å². The molecule has 37 heavy (non-hydrogen) atoms. The van der Waals surface area contributed by atoms with Gasteiger partial charge >= 0.3 is 18.1 Å². The number of carbonyl (C=O) groups excluding carboxylic acids is 1. The van der Waals surface area contributed by atoms with E-state index in [0.29, 0.717) is 18.7 Å². The number of nitrogens with one attached hydrogen (secondary N) is 1. The highest BCUT2D eigenvalue weighted by Crippen LogP contribution is 2.45. The van der Waals surface area contributed by atoms with Crippen LogP contribution in [0.4, 0.5) is 22.0 Å². The number of imidazole rings is 1. The van der Waals surface area contributed by atoms with Crippen molar-refractivity contribution >= 4 is 11.5 Å². The molecule has 0 saturated carbocycles. The number of aromatic amines is 1. The van der Waals surface area contributed by atoms with Gasteiger partial charge in [0.2, 0.25) is 5.82 Å². The Balaban J connectivity index is 1.67. The fourth-order valence-corrected chi connectivity index (χ4v) is 4.21. The SMILES string of the molecule is CCCc1nc(C(F)(F)C(F)(F)F)c(C(=O)OC)n1CC1C=CC(c2ccccc2-c2nn[nH]n2)=CC1. The number of benzene rings is 1. The van der Waals surface area contributed by atoms with Gasteiger partial charge in [0.25, 0.3) is 0 Å². The van der Waals surface area contributed by atoms with E-state index in [1.807, 2.05) is 42.5 Å². The first kappa shape index (κ1) is 26.2. The predicted molar refractivity (Wildman–Crippen MR) is 122 cm³/mol. The first-order valence-electron chi connectivity index (χ1n) is 11.4. The van der Waals surface area contributed by atoms with Gasteiger partial charge in [-0.2, -0.15) is 27.2 Å². The Kier molecular flexibility index (Phi) is 7.23. The number of hydrogen-bond donors (Lipinski definition) is 1. The molecule has 4 rings (SSSR count). The molecule has 1 unspecified atom stereocenters. The summed E-state index contributed by atoms with van der Waals surface area (Å²) in [6, 6.07) is 7.42. The molecule has 0 amide bonds. The average Bonchev–Trinajstić information content (AvgIpc) is 3.53.